The Morgan fingerprint density at radius 3 is 2.08 bits per heavy atom. The molecule has 24 heavy (non-hydrogen) atoms. The van der Waals surface area contributed by atoms with Crippen LogP contribution in [0.15, 0.2) is 54.6 Å². The highest BCUT2D eigenvalue weighted by Crippen LogP contribution is 2.10. The second kappa shape index (κ2) is 7.89. The SMILES string of the molecule is O=C(O)c1ccccc1C(=O)N[C@H](Cc1ccccc1)C(=O)NO. The first kappa shape index (κ1) is 17.2. The zero-order valence-corrected chi connectivity index (χ0v) is 12.6. The number of carboxylic acids is 1. The standard InChI is InChI=1S/C17H16N2O5/c20-15(12-8-4-5-9-13(12)17(22)23)18-14(16(21)19-24)10-11-6-2-1-3-7-11/h1-9,14,24H,10H2,(H,18,20)(H,19,21)(H,22,23)/t14-/m1/s1. The summed E-state index contributed by atoms with van der Waals surface area (Å²) in [5, 5.41) is 20.5. The smallest absolute Gasteiger partial charge is 0.336 e. The van der Waals surface area contributed by atoms with Gasteiger partial charge in [-0.25, -0.2) is 10.3 Å². The van der Waals surface area contributed by atoms with Crippen LogP contribution < -0.4 is 10.8 Å². The summed E-state index contributed by atoms with van der Waals surface area (Å²) in [5.74, 6) is -2.75. The lowest BCUT2D eigenvalue weighted by Crippen LogP contribution is -2.47. The molecule has 7 heteroatoms. The molecule has 2 aromatic rings. The number of hydroxylamine groups is 1. The predicted molar refractivity (Wildman–Crippen MR) is 84.7 cm³/mol. The van der Waals surface area contributed by atoms with Crippen molar-refractivity contribution in [3.8, 4) is 0 Å². The van der Waals surface area contributed by atoms with Crippen molar-refractivity contribution in [2.75, 3.05) is 0 Å². The van der Waals surface area contributed by atoms with Crippen LogP contribution in [0.2, 0.25) is 0 Å². The van der Waals surface area contributed by atoms with E-state index in [1.54, 1.807) is 24.3 Å². The van der Waals surface area contributed by atoms with Crippen molar-refractivity contribution < 1.29 is 24.7 Å². The number of aromatic carboxylic acids is 1. The van der Waals surface area contributed by atoms with Crippen LogP contribution in [0.4, 0.5) is 0 Å². The van der Waals surface area contributed by atoms with E-state index < -0.39 is 23.8 Å². The summed E-state index contributed by atoms with van der Waals surface area (Å²) in [6.07, 6.45) is 0.147. The van der Waals surface area contributed by atoms with Gasteiger partial charge >= 0.3 is 5.97 Å². The van der Waals surface area contributed by atoms with Gasteiger partial charge in [0.25, 0.3) is 11.8 Å². The molecule has 0 saturated heterocycles. The minimum atomic E-state index is -1.24. The fourth-order valence-electron chi connectivity index (χ4n) is 2.24. The summed E-state index contributed by atoms with van der Waals surface area (Å²) in [5.41, 5.74) is 2.06. The van der Waals surface area contributed by atoms with Crippen molar-refractivity contribution in [2.24, 2.45) is 0 Å². The van der Waals surface area contributed by atoms with Gasteiger partial charge in [0.2, 0.25) is 0 Å². The Kier molecular flexibility index (Phi) is 5.64. The first-order chi connectivity index (χ1) is 11.5. The van der Waals surface area contributed by atoms with Crippen molar-refractivity contribution in [2.45, 2.75) is 12.5 Å². The first-order valence-electron chi connectivity index (χ1n) is 7.14. The van der Waals surface area contributed by atoms with E-state index in [4.69, 9.17) is 10.3 Å². The lowest BCUT2D eigenvalue weighted by atomic mass is 10.0. The largest absolute Gasteiger partial charge is 0.478 e. The molecule has 2 rings (SSSR count). The van der Waals surface area contributed by atoms with Crippen LogP contribution in [-0.4, -0.2) is 34.1 Å². The number of benzene rings is 2. The number of carbonyl (C=O) groups is 3. The van der Waals surface area contributed by atoms with Crippen LogP contribution in [0.3, 0.4) is 0 Å². The van der Waals surface area contributed by atoms with Crippen LogP contribution in [-0.2, 0) is 11.2 Å². The minimum absolute atomic E-state index is 0.0613. The maximum Gasteiger partial charge on any atom is 0.336 e. The predicted octanol–water partition coefficient (Wildman–Crippen LogP) is 1.23. The number of hydrogen-bond acceptors (Lipinski definition) is 4. The van der Waals surface area contributed by atoms with Crippen LogP contribution >= 0.6 is 0 Å². The third kappa shape index (κ3) is 4.17. The zero-order chi connectivity index (χ0) is 17.5. The van der Waals surface area contributed by atoms with Crippen LogP contribution in [0.1, 0.15) is 26.3 Å². The molecule has 0 aromatic heterocycles. The molecule has 4 N–H and O–H groups in total. The van der Waals surface area contributed by atoms with Gasteiger partial charge in [-0.1, -0.05) is 42.5 Å². The minimum Gasteiger partial charge on any atom is -0.478 e. The summed E-state index contributed by atoms with van der Waals surface area (Å²) >= 11 is 0. The van der Waals surface area contributed by atoms with Gasteiger partial charge in [-0.3, -0.25) is 14.8 Å². The van der Waals surface area contributed by atoms with E-state index in [9.17, 15) is 14.4 Å². The molecule has 1 atom stereocenters. The Labute approximate surface area is 137 Å². The molecule has 124 valence electrons. The lowest BCUT2D eigenvalue weighted by molar-refractivity contribution is -0.131. The molecular formula is C17H16N2O5. The average molecular weight is 328 g/mol. The second-order valence-electron chi connectivity index (χ2n) is 5.04. The zero-order valence-electron chi connectivity index (χ0n) is 12.6. The van der Waals surface area contributed by atoms with Crippen LogP contribution in [0.5, 0.6) is 0 Å². The van der Waals surface area contributed by atoms with Crippen molar-refractivity contribution >= 4 is 17.8 Å². The van der Waals surface area contributed by atoms with Crippen LogP contribution in [0.25, 0.3) is 0 Å². The van der Waals surface area contributed by atoms with Gasteiger partial charge < -0.3 is 10.4 Å². The van der Waals surface area contributed by atoms with E-state index in [0.29, 0.717) is 0 Å². The van der Waals surface area contributed by atoms with Gasteiger partial charge in [-0.2, -0.15) is 0 Å². The van der Waals surface area contributed by atoms with E-state index in [0.717, 1.165) is 5.56 Å². The van der Waals surface area contributed by atoms with Crippen LogP contribution in [0, 0.1) is 0 Å². The first-order valence-corrected chi connectivity index (χ1v) is 7.14. The molecule has 0 aliphatic rings. The average Bonchev–Trinajstić information content (AvgIpc) is 2.61. The number of carbonyl (C=O) groups excluding carboxylic acids is 2. The number of hydrogen-bond donors (Lipinski definition) is 4. The van der Waals surface area contributed by atoms with Crippen molar-refractivity contribution in [1.29, 1.82) is 0 Å². The maximum absolute atomic E-state index is 12.4. The van der Waals surface area contributed by atoms with Gasteiger partial charge in [0.05, 0.1) is 11.1 Å². The number of rotatable bonds is 6. The Bertz CT molecular complexity index is 746. The van der Waals surface area contributed by atoms with Crippen molar-refractivity contribution in [3.63, 3.8) is 0 Å². The van der Waals surface area contributed by atoms with E-state index >= 15 is 0 Å². The summed E-state index contributed by atoms with van der Waals surface area (Å²) < 4.78 is 0. The molecule has 0 fully saturated rings. The summed E-state index contributed by atoms with van der Waals surface area (Å²) in [7, 11) is 0. The van der Waals surface area contributed by atoms with E-state index in [1.165, 1.54) is 29.7 Å². The van der Waals surface area contributed by atoms with Crippen molar-refractivity contribution in [3.05, 3.63) is 71.3 Å². The van der Waals surface area contributed by atoms with Crippen molar-refractivity contribution in [1.82, 2.24) is 10.8 Å². The molecule has 2 aromatic carbocycles. The monoisotopic (exact) mass is 328 g/mol. The molecule has 2 amide bonds. The van der Waals surface area contributed by atoms with E-state index in [-0.39, 0.29) is 17.5 Å². The quantitative estimate of drug-likeness (QED) is 0.470. The Morgan fingerprint density at radius 1 is 0.917 bits per heavy atom. The molecular weight excluding hydrogens is 312 g/mol. The molecule has 0 aliphatic heterocycles. The summed E-state index contributed by atoms with van der Waals surface area (Å²) in [6.45, 7) is 0. The molecule has 0 bridgehead atoms. The lowest BCUT2D eigenvalue weighted by Gasteiger charge is -2.17. The van der Waals surface area contributed by atoms with Gasteiger partial charge in [0, 0.05) is 6.42 Å². The molecule has 0 heterocycles. The summed E-state index contributed by atoms with van der Waals surface area (Å²) in [6, 6.07) is 13.6. The third-order valence-electron chi connectivity index (χ3n) is 3.42. The highest BCUT2D eigenvalue weighted by Gasteiger charge is 2.23. The highest BCUT2D eigenvalue weighted by atomic mass is 16.5. The second-order valence-corrected chi connectivity index (χ2v) is 5.04. The Morgan fingerprint density at radius 2 is 1.50 bits per heavy atom. The normalized spacial score (nSPS) is 11.4. The van der Waals surface area contributed by atoms with Gasteiger partial charge in [-0.05, 0) is 17.7 Å². The van der Waals surface area contributed by atoms with E-state index in [2.05, 4.69) is 5.32 Å². The maximum atomic E-state index is 12.4. The number of carboxylic acid groups (broad SMARTS) is 1. The molecule has 0 saturated carbocycles. The third-order valence-corrected chi connectivity index (χ3v) is 3.42. The molecule has 0 unspecified atom stereocenters. The fourth-order valence-corrected chi connectivity index (χ4v) is 2.24. The van der Waals surface area contributed by atoms with Gasteiger partial charge in [0.1, 0.15) is 6.04 Å². The topological polar surface area (TPSA) is 116 Å². The number of amides is 2. The molecule has 0 radical (unpaired) electrons. The fraction of sp³-hybridized carbons (Fsp3) is 0.118. The summed E-state index contributed by atoms with van der Waals surface area (Å²) in [4.78, 5) is 35.4. The molecule has 0 spiro atoms. The van der Waals surface area contributed by atoms with E-state index in [1.807, 2.05) is 6.07 Å². The van der Waals surface area contributed by atoms with Gasteiger partial charge in [-0.15, -0.1) is 0 Å². The Hall–Kier alpha value is -3.19. The van der Waals surface area contributed by atoms with Gasteiger partial charge in [0.15, 0.2) is 0 Å². The number of nitrogens with one attached hydrogen (secondary N) is 2. The Balaban J connectivity index is 2.22. The molecule has 0 aliphatic carbocycles. The molecule has 7 nitrogen and oxygen atoms in total. The highest BCUT2D eigenvalue weighted by molar-refractivity contribution is 6.05.